The Labute approximate surface area is 113 Å². The molecule has 0 saturated carbocycles. The summed E-state index contributed by atoms with van der Waals surface area (Å²) in [4.78, 5) is 0. The zero-order valence-electron chi connectivity index (χ0n) is 9.72. The zero-order chi connectivity index (χ0) is 11.9. The Morgan fingerprint density at radius 1 is 0.765 bits per heavy atom. The predicted octanol–water partition coefficient (Wildman–Crippen LogP) is 2.92. The average Bonchev–Trinajstić information content (AvgIpc) is 2.42. The normalized spacial score (nSPS) is 10.7. The molecule has 0 nitrogen and oxygen atoms in total. The number of hydrogen-bond donors (Lipinski definition) is 0. The summed E-state index contributed by atoms with van der Waals surface area (Å²) >= 11 is 4.72. The molecule has 0 spiro atoms. The Bertz CT molecular complexity index is 388. The fourth-order valence-electron chi connectivity index (χ4n) is 1.84. The molecule has 0 N–H and O–H groups in total. The molecule has 2 aromatic rings. The van der Waals surface area contributed by atoms with Crippen LogP contribution in [-0.2, 0) is 0 Å². The Balaban J connectivity index is 2.26. The van der Waals surface area contributed by atoms with Gasteiger partial charge in [-0.05, 0) is 0 Å². The van der Waals surface area contributed by atoms with E-state index in [1.165, 1.54) is 13.9 Å². The number of benzene rings is 2. The van der Waals surface area contributed by atoms with E-state index in [1.54, 1.807) is 0 Å². The summed E-state index contributed by atoms with van der Waals surface area (Å²) in [7, 11) is 0. The first kappa shape index (κ1) is 12.7. The third-order valence-corrected chi connectivity index (χ3v) is 8.39. The number of hydrogen-bond acceptors (Lipinski definition) is 0. The monoisotopic (exact) mass is 306 g/mol. The second-order valence-electron chi connectivity index (χ2n) is 3.87. The van der Waals surface area contributed by atoms with E-state index in [1.807, 2.05) is 0 Å². The van der Waals surface area contributed by atoms with E-state index in [4.69, 9.17) is 11.6 Å². The van der Waals surface area contributed by atoms with Gasteiger partial charge >= 0.3 is 113 Å². The molecule has 0 amide bonds. The molecule has 0 fully saturated rings. The number of rotatable bonds is 5. The molecule has 2 heteroatoms. The van der Waals surface area contributed by atoms with Crippen LogP contribution in [0.3, 0.4) is 0 Å². The fraction of sp³-hybridized carbons (Fsp3) is 0.200. The molecular formula is C15H16AsCl. The Hall–Kier alpha value is -0.712. The molecule has 0 aromatic heterocycles. The van der Waals surface area contributed by atoms with Crippen LogP contribution >= 0.6 is 11.6 Å². The van der Waals surface area contributed by atoms with Gasteiger partial charge in [0.25, 0.3) is 0 Å². The van der Waals surface area contributed by atoms with Gasteiger partial charge in [0.1, 0.15) is 0 Å². The van der Waals surface area contributed by atoms with Gasteiger partial charge in [0, 0.05) is 0 Å². The summed E-state index contributed by atoms with van der Waals surface area (Å²) in [6.07, 6.45) is 1.12. The number of halogens is 1. The standard InChI is InChI=1S/C15H16AsCl/c17-13-7-12-16(14-8-3-1-4-9-14)15-10-5-2-6-11-15/h1-6,8-11H,7,12-13H2. The van der Waals surface area contributed by atoms with E-state index in [-0.39, 0.29) is 0 Å². The third-order valence-electron chi connectivity index (χ3n) is 2.65. The van der Waals surface area contributed by atoms with Crippen molar-refractivity contribution < 1.29 is 0 Å². The molecule has 0 aliphatic heterocycles. The topological polar surface area (TPSA) is 0 Å². The molecule has 0 aliphatic carbocycles. The molecule has 0 aliphatic rings. The fourth-order valence-corrected chi connectivity index (χ4v) is 7.32. The van der Waals surface area contributed by atoms with Crippen molar-refractivity contribution >= 4 is 35.0 Å². The van der Waals surface area contributed by atoms with E-state index in [0.717, 1.165) is 12.3 Å². The molecular weight excluding hydrogens is 291 g/mol. The second kappa shape index (κ2) is 6.89. The van der Waals surface area contributed by atoms with Crippen LogP contribution in [0.4, 0.5) is 0 Å². The van der Waals surface area contributed by atoms with Crippen molar-refractivity contribution in [2.75, 3.05) is 5.88 Å². The SMILES string of the molecule is ClCCC[As](c1ccccc1)c1ccccc1. The van der Waals surface area contributed by atoms with Crippen molar-refractivity contribution in [3.05, 3.63) is 60.7 Å². The van der Waals surface area contributed by atoms with E-state index in [0.29, 0.717) is 0 Å². The van der Waals surface area contributed by atoms with Gasteiger partial charge in [-0.3, -0.25) is 0 Å². The van der Waals surface area contributed by atoms with Crippen molar-refractivity contribution in [2.24, 2.45) is 0 Å². The molecule has 2 aromatic carbocycles. The van der Waals surface area contributed by atoms with Gasteiger partial charge in [-0.25, -0.2) is 0 Å². The van der Waals surface area contributed by atoms with E-state index < -0.39 is 14.7 Å². The first-order chi connectivity index (χ1) is 8.42. The molecule has 0 saturated heterocycles. The van der Waals surface area contributed by atoms with Gasteiger partial charge in [0.15, 0.2) is 0 Å². The summed E-state index contributed by atoms with van der Waals surface area (Å²) in [5.41, 5.74) is 0. The molecule has 17 heavy (non-hydrogen) atoms. The summed E-state index contributed by atoms with van der Waals surface area (Å²) < 4.78 is 3.05. The maximum atomic E-state index is 5.84. The van der Waals surface area contributed by atoms with Crippen LogP contribution < -0.4 is 8.70 Å². The van der Waals surface area contributed by atoms with Crippen molar-refractivity contribution in [3.8, 4) is 0 Å². The second-order valence-corrected chi connectivity index (χ2v) is 9.14. The molecule has 0 radical (unpaired) electrons. The van der Waals surface area contributed by atoms with Crippen molar-refractivity contribution in [1.82, 2.24) is 0 Å². The minimum atomic E-state index is -1.13. The van der Waals surface area contributed by atoms with Crippen LogP contribution in [0.25, 0.3) is 0 Å². The van der Waals surface area contributed by atoms with Crippen LogP contribution in [0, 0.1) is 0 Å². The van der Waals surface area contributed by atoms with Gasteiger partial charge in [-0.15, -0.1) is 0 Å². The zero-order valence-corrected chi connectivity index (χ0v) is 12.4. The van der Waals surface area contributed by atoms with Gasteiger partial charge in [-0.1, -0.05) is 0 Å². The molecule has 0 unspecified atom stereocenters. The van der Waals surface area contributed by atoms with Crippen molar-refractivity contribution in [1.29, 1.82) is 0 Å². The summed E-state index contributed by atoms with van der Waals surface area (Å²) in [6.45, 7) is 0. The Morgan fingerprint density at radius 2 is 1.24 bits per heavy atom. The number of alkyl halides is 1. The van der Waals surface area contributed by atoms with Crippen LogP contribution in [0.5, 0.6) is 0 Å². The maximum absolute atomic E-state index is 5.84. The van der Waals surface area contributed by atoms with Gasteiger partial charge in [-0.2, -0.15) is 0 Å². The van der Waals surface area contributed by atoms with Crippen LogP contribution in [-0.4, -0.2) is 20.5 Å². The molecule has 0 atom stereocenters. The molecule has 88 valence electrons. The average molecular weight is 307 g/mol. The Morgan fingerprint density at radius 3 is 1.65 bits per heavy atom. The predicted molar refractivity (Wildman–Crippen MR) is 78.1 cm³/mol. The van der Waals surface area contributed by atoms with Crippen molar-refractivity contribution in [3.63, 3.8) is 0 Å². The van der Waals surface area contributed by atoms with E-state index in [2.05, 4.69) is 60.7 Å². The van der Waals surface area contributed by atoms with Gasteiger partial charge < -0.3 is 0 Å². The summed E-state index contributed by atoms with van der Waals surface area (Å²) in [6, 6.07) is 21.8. The molecule has 0 heterocycles. The van der Waals surface area contributed by atoms with Crippen LogP contribution in [0.2, 0.25) is 5.21 Å². The van der Waals surface area contributed by atoms with Crippen LogP contribution in [0.15, 0.2) is 60.7 Å². The summed E-state index contributed by atoms with van der Waals surface area (Å²) in [5.74, 6) is 0.769. The van der Waals surface area contributed by atoms with Gasteiger partial charge in [0.2, 0.25) is 0 Å². The molecule has 2 rings (SSSR count). The first-order valence-electron chi connectivity index (χ1n) is 5.85. The van der Waals surface area contributed by atoms with Crippen molar-refractivity contribution in [2.45, 2.75) is 11.6 Å². The minimum absolute atomic E-state index is 0.769. The Kier molecular flexibility index (Phi) is 5.16. The summed E-state index contributed by atoms with van der Waals surface area (Å²) in [5, 5.41) is 1.25. The molecule has 0 bridgehead atoms. The quantitative estimate of drug-likeness (QED) is 0.588. The van der Waals surface area contributed by atoms with Gasteiger partial charge in [0.05, 0.1) is 0 Å². The first-order valence-corrected chi connectivity index (χ1v) is 9.59. The van der Waals surface area contributed by atoms with Crippen LogP contribution in [0.1, 0.15) is 6.42 Å². The van der Waals surface area contributed by atoms with E-state index >= 15 is 0 Å². The third kappa shape index (κ3) is 3.63. The van der Waals surface area contributed by atoms with E-state index in [9.17, 15) is 0 Å².